The van der Waals surface area contributed by atoms with Crippen molar-refractivity contribution in [2.24, 2.45) is 13.5 Å². The van der Waals surface area contributed by atoms with Gasteiger partial charge in [-0.25, -0.2) is 10.2 Å². The van der Waals surface area contributed by atoms with E-state index in [0.717, 1.165) is 0 Å². The van der Waals surface area contributed by atoms with Crippen LogP contribution in [0.2, 0.25) is 0 Å². The zero-order chi connectivity index (χ0) is 17.4. The summed E-state index contributed by atoms with van der Waals surface area (Å²) in [6, 6.07) is 0. The fraction of sp³-hybridized carbons (Fsp3) is 1.00. The van der Waals surface area contributed by atoms with Gasteiger partial charge in [0.1, 0.15) is 6.73 Å². The van der Waals surface area contributed by atoms with Crippen molar-refractivity contribution in [3.8, 4) is 0 Å². The van der Waals surface area contributed by atoms with Crippen molar-refractivity contribution in [2.45, 2.75) is 6.92 Å². The topological polar surface area (TPSA) is 179 Å². The Morgan fingerprint density at radius 2 is 1.43 bits per heavy atom. The van der Waals surface area contributed by atoms with Crippen LogP contribution in [0.5, 0.6) is 0 Å². The molecule has 23 heavy (non-hydrogen) atoms. The molecule has 0 amide bonds. The summed E-state index contributed by atoms with van der Waals surface area (Å²) in [5.41, 5.74) is 0. The standard InChI is InChI=1S/C7H22N5O8P3/c1-3-17-23(20-7-16)11-21(8-2,18-5-14)10-22(12-23,9-4-13)19-6-15/h8-9,13-16H,3-7H2,1-2H3. The van der Waals surface area contributed by atoms with Crippen molar-refractivity contribution in [2.75, 3.05) is 40.8 Å². The Morgan fingerprint density at radius 3 is 1.91 bits per heavy atom. The Bertz CT molecular complexity index is 507. The number of aliphatic hydroxyl groups excluding tert-OH is 4. The maximum absolute atomic E-state index is 9.20. The SMILES string of the molecule is CCOP1(OCO)=NP(NC)(OCO)=NP(NCO)(OCO)=N1. The maximum Gasteiger partial charge on any atom is 0.349 e. The number of hydrogen-bond acceptors (Lipinski definition) is 13. The highest BCUT2D eigenvalue weighted by Gasteiger charge is 2.40. The number of nitrogens with one attached hydrogen (secondary N) is 2. The first kappa shape index (κ1) is 21.3. The molecule has 0 aromatic carbocycles. The molecule has 1 rings (SSSR count). The second-order valence-electron chi connectivity index (χ2n) is 3.58. The van der Waals surface area contributed by atoms with E-state index in [9.17, 15) is 5.11 Å². The van der Waals surface area contributed by atoms with Crippen molar-refractivity contribution >= 4 is 22.8 Å². The predicted molar refractivity (Wildman–Crippen MR) is 83.5 cm³/mol. The molecule has 0 fully saturated rings. The van der Waals surface area contributed by atoms with Gasteiger partial charge in [-0.1, -0.05) is 0 Å². The Balaban J connectivity index is 3.65. The summed E-state index contributed by atoms with van der Waals surface area (Å²) in [6.45, 7) is -0.996. The molecule has 0 aliphatic carbocycles. The predicted octanol–water partition coefficient (Wildman–Crippen LogP) is 0.533. The summed E-state index contributed by atoms with van der Waals surface area (Å²) >= 11 is 0. The number of aliphatic hydroxyl groups is 4. The summed E-state index contributed by atoms with van der Waals surface area (Å²) in [4.78, 5) is 0. The fourth-order valence-electron chi connectivity index (χ4n) is 1.53. The van der Waals surface area contributed by atoms with E-state index in [2.05, 4.69) is 23.7 Å². The third kappa shape index (κ3) is 5.38. The highest BCUT2D eigenvalue weighted by Crippen LogP contribution is 2.77. The summed E-state index contributed by atoms with van der Waals surface area (Å²) in [7, 11) is -8.60. The third-order valence-corrected chi connectivity index (χ3v) is 11.1. The molecule has 0 spiro atoms. The lowest BCUT2D eigenvalue weighted by Crippen LogP contribution is -2.17. The molecule has 16 heteroatoms. The number of nitrogens with zero attached hydrogens (tertiary/aromatic N) is 3. The average molecular weight is 397 g/mol. The molecule has 1 aliphatic rings. The first-order chi connectivity index (χ1) is 11.0. The number of hydrogen-bond donors (Lipinski definition) is 6. The van der Waals surface area contributed by atoms with Crippen molar-refractivity contribution in [1.82, 2.24) is 10.2 Å². The minimum atomic E-state index is -3.44. The number of rotatable bonds is 11. The van der Waals surface area contributed by atoms with Crippen LogP contribution in [0.25, 0.3) is 0 Å². The van der Waals surface area contributed by atoms with Gasteiger partial charge in [0.25, 0.3) is 15.2 Å². The van der Waals surface area contributed by atoms with Crippen LogP contribution in [0, 0.1) is 0 Å². The fourth-order valence-corrected chi connectivity index (χ4v) is 10.9. The second kappa shape index (κ2) is 9.69. The zero-order valence-corrected chi connectivity index (χ0v) is 15.3. The van der Waals surface area contributed by atoms with Gasteiger partial charge < -0.3 is 24.9 Å². The summed E-state index contributed by atoms with van der Waals surface area (Å²) in [5, 5.41) is 41.8. The van der Waals surface area contributed by atoms with Crippen molar-refractivity contribution in [3.05, 3.63) is 0 Å². The van der Waals surface area contributed by atoms with Gasteiger partial charge in [0.15, 0.2) is 20.4 Å². The molecule has 0 aromatic rings. The van der Waals surface area contributed by atoms with Crippen LogP contribution in [0.1, 0.15) is 6.92 Å². The van der Waals surface area contributed by atoms with Gasteiger partial charge in [-0.05, 0) is 14.0 Å². The molecule has 3 unspecified atom stereocenters. The monoisotopic (exact) mass is 397 g/mol. The Morgan fingerprint density at radius 1 is 0.826 bits per heavy atom. The van der Waals surface area contributed by atoms with E-state index in [0.29, 0.717) is 0 Å². The smallest absolute Gasteiger partial charge is 0.349 e. The lowest BCUT2D eigenvalue weighted by molar-refractivity contribution is 0.0876. The van der Waals surface area contributed by atoms with Crippen LogP contribution in [0.3, 0.4) is 0 Å². The molecule has 13 nitrogen and oxygen atoms in total. The van der Waals surface area contributed by atoms with Crippen molar-refractivity contribution < 1.29 is 38.5 Å². The molecule has 1 heterocycles. The molecule has 0 saturated carbocycles. The van der Waals surface area contributed by atoms with E-state index < -0.39 is 49.9 Å². The highest BCUT2D eigenvalue weighted by molar-refractivity contribution is 7.80. The highest BCUT2D eigenvalue weighted by atomic mass is 31.3. The zero-order valence-electron chi connectivity index (χ0n) is 12.6. The molecule has 0 aromatic heterocycles. The van der Waals surface area contributed by atoms with E-state index in [1.54, 1.807) is 6.92 Å². The molecule has 0 radical (unpaired) electrons. The van der Waals surface area contributed by atoms with Gasteiger partial charge >= 0.3 is 7.66 Å². The van der Waals surface area contributed by atoms with Crippen LogP contribution < -0.4 is 10.2 Å². The Kier molecular flexibility index (Phi) is 8.99. The van der Waals surface area contributed by atoms with E-state index in [1.165, 1.54) is 7.05 Å². The molecule has 6 N–H and O–H groups in total. The van der Waals surface area contributed by atoms with E-state index in [4.69, 9.17) is 33.4 Å². The van der Waals surface area contributed by atoms with Crippen LogP contribution in [-0.2, 0) is 18.1 Å². The Hall–Kier alpha value is 0.290. The summed E-state index contributed by atoms with van der Waals surface area (Å²) in [5.74, 6) is 0. The molecular formula is C7H22N5O8P3. The van der Waals surface area contributed by atoms with Crippen LogP contribution in [0.15, 0.2) is 13.5 Å². The maximum atomic E-state index is 9.20. The normalized spacial score (nSPS) is 33.7. The van der Waals surface area contributed by atoms with E-state index in [1.807, 2.05) is 0 Å². The lowest BCUT2D eigenvalue weighted by Gasteiger charge is -2.32. The van der Waals surface area contributed by atoms with Gasteiger partial charge in [-0.2, -0.15) is 13.5 Å². The molecule has 0 saturated heterocycles. The van der Waals surface area contributed by atoms with Gasteiger partial charge in [0.2, 0.25) is 0 Å². The summed E-state index contributed by atoms with van der Waals surface area (Å²) < 4.78 is 33.7. The first-order valence-corrected chi connectivity index (χ1v) is 11.1. The summed E-state index contributed by atoms with van der Waals surface area (Å²) in [6.07, 6.45) is 0. The van der Waals surface area contributed by atoms with E-state index in [-0.39, 0.29) is 6.61 Å². The largest absolute Gasteiger partial charge is 0.381 e. The quantitative estimate of drug-likeness (QED) is 0.213. The van der Waals surface area contributed by atoms with Crippen LogP contribution in [-0.4, -0.2) is 61.2 Å². The molecule has 138 valence electrons. The minimum absolute atomic E-state index is 0.141. The van der Waals surface area contributed by atoms with Crippen LogP contribution in [0.4, 0.5) is 0 Å². The molecule has 3 atom stereocenters. The lowest BCUT2D eigenvalue weighted by atomic mass is 10.9. The minimum Gasteiger partial charge on any atom is -0.381 e. The van der Waals surface area contributed by atoms with Crippen LogP contribution >= 0.6 is 22.8 Å². The van der Waals surface area contributed by atoms with Crippen molar-refractivity contribution in [1.29, 1.82) is 0 Å². The van der Waals surface area contributed by atoms with Gasteiger partial charge in [0, 0.05) is 0 Å². The third-order valence-electron chi connectivity index (χ3n) is 2.28. The van der Waals surface area contributed by atoms with E-state index >= 15 is 0 Å². The molecular weight excluding hydrogens is 375 g/mol. The van der Waals surface area contributed by atoms with Gasteiger partial charge in [0.05, 0.1) is 6.61 Å². The van der Waals surface area contributed by atoms with Crippen molar-refractivity contribution in [3.63, 3.8) is 0 Å². The second-order valence-corrected chi connectivity index (χ2v) is 10.7. The average Bonchev–Trinajstić information content (AvgIpc) is 2.48. The molecule has 1 aliphatic heterocycles. The Labute approximate surface area is 133 Å². The molecule has 0 bridgehead atoms. The first-order valence-electron chi connectivity index (χ1n) is 6.36. The van der Waals surface area contributed by atoms with Gasteiger partial charge in [-0.3, -0.25) is 13.6 Å². The van der Waals surface area contributed by atoms with Gasteiger partial charge in [-0.15, -0.1) is 0 Å².